The molecule has 5 heteroatoms. The number of aryl methyl sites for hydroxylation is 1. The van der Waals surface area contributed by atoms with Crippen molar-refractivity contribution in [3.8, 4) is 0 Å². The third kappa shape index (κ3) is 3.89. The fourth-order valence-electron chi connectivity index (χ4n) is 1.96. The van der Waals surface area contributed by atoms with Crippen molar-refractivity contribution in [3.63, 3.8) is 0 Å². The second-order valence-corrected chi connectivity index (χ2v) is 5.10. The van der Waals surface area contributed by atoms with Crippen LogP contribution < -0.4 is 11.1 Å². The molecule has 0 saturated carbocycles. The van der Waals surface area contributed by atoms with Crippen LogP contribution in [0.25, 0.3) is 0 Å². The van der Waals surface area contributed by atoms with Crippen LogP contribution in [0.1, 0.15) is 23.6 Å². The average molecular weight is 304 g/mol. The number of nitrogens with zero attached hydrogens (tertiary/aromatic N) is 1. The molecule has 2 aromatic carbocycles. The molecule has 0 atom stereocenters. The van der Waals surface area contributed by atoms with Crippen LogP contribution in [0.4, 0.5) is 5.69 Å². The maximum atomic E-state index is 8.65. The Hall–Kier alpha value is -2.20. The second kappa shape index (κ2) is 6.99. The molecule has 0 amide bonds. The van der Waals surface area contributed by atoms with Crippen molar-refractivity contribution in [2.24, 2.45) is 10.9 Å². The summed E-state index contributed by atoms with van der Waals surface area (Å²) in [6, 6.07) is 13.6. The Morgan fingerprint density at radius 2 is 1.95 bits per heavy atom. The highest BCUT2D eigenvalue weighted by molar-refractivity contribution is 6.31. The summed E-state index contributed by atoms with van der Waals surface area (Å²) >= 11 is 6.21. The SMILES string of the molecule is CCc1ccc(NCc2ccc(/C(N)=N/O)cc2Cl)cc1. The summed E-state index contributed by atoms with van der Waals surface area (Å²) in [7, 11) is 0. The number of amidine groups is 1. The maximum absolute atomic E-state index is 8.65. The van der Waals surface area contributed by atoms with Crippen LogP contribution in [0.15, 0.2) is 47.6 Å². The van der Waals surface area contributed by atoms with Gasteiger partial charge in [0.2, 0.25) is 0 Å². The molecule has 4 N–H and O–H groups in total. The zero-order valence-corrected chi connectivity index (χ0v) is 12.6. The summed E-state index contributed by atoms with van der Waals surface area (Å²) in [6.45, 7) is 2.74. The van der Waals surface area contributed by atoms with Gasteiger partial charge in [0.15, 0.2) is 5.84 Å². The molecule has 2 aromatic rings. The van der Waals surface area contributed by atoms with Gasteiger partial charge in [-0.25, -0.2) is 0 Å². The molecule has 0 radical (unpaired) electrons. The third-order valence-electron chi connectivity index (χ3n) is 3.30. The monoisotopic (exact) mass is 303 g/mol. The number of rotatable bonds is 5. The van der Waals surface area contributed by atoms with Gasteiger partial charge in [-0.1, -0.05) is 47.9 Å². The van der Waals surface area contributed by atoms with Crippen molar-refractivity contribution in [2.45, 2.75) is 19.9 Å². The Labute approximate surface area is 129 Å². The van der Waals surface area contributed by atoms with Crippen molar-refractivity contribution in [2.75, 3.05) is 5.32 Å². The quantitative estimate of drug-likeness (QED) is 0.342. The summed E-state index contributed by atoms with van der Waals surface area (Å²) in [5.41, 5.74) is 9.43. The smallest absolute Gasteiger partial charge is 0.170 e. The lowest BCUT2D eigenvalue weighted by Gasteiger charge is -2.10. The molecule has 2 rings (SSSR count). The van der Waals surface area contributed by atoms with Crippen molar-refractivity contribution < 1.29 is 5.21 Å². The predicted molar refractivity (Wildman–Crippen MR) is 87.1 cm³/mol. The van der Waals surface area contributed by atoms with Gasteiger partial charge >= 0.3 is 0 Å². The molecule has 0 aliphatic carbocycles. The first-order chi connectivity index (χ1) is 10.1. The van der Waals surface area contributed by atoms with E-state index in [0.29, 0.717) is 17.1 Å². The molecule has 0 bridgehead atoms. The van der Waals surface area contributed by atoms with Gasteiger partial charge in [0, 0.05) is 22.8 Å². The van der Waals surface area contributed by atoms with E-state index in [0.717, 1.165) is 17.7 Å². The Morgan fingerprint density at radius 3 is 2.52 bits per heavy atom. The predicted octanol–water partition coefficient (Wildman–Crippen LogP) is 3.61. The van der Waals surface area contributed by atoms with E-state index in [-0.39, 0.29) is 5.84 Å². The van der Waals surface area contributed by atoms with Gasteiger partial charge in [0.05, 0.1) is 0 Å². The molecule has 0 saturated heterocycles. The first kappa shape index (κ1) is 15.2. The van der Waals surface area contributed by atoms with E-state index < -0.39 is 0 Å². The lowest BCUT2D eigenvalue weighted by molar-refractivity contribution is 0.318. The summed E-state index contributed by atoms with van der Waals surface area (Å²) in [4.78, 5) is 0. The number of anilines is 1. The number of hydrogen-bond donors (Lipinski definition) is 3. The minimum Gasteiger partial charge on any atom is -0.409 e. The van der Waals surface area contributed by atoms with Crippen LogP contribution >= 0.6 is 11.6 Å². The Balaban J connectivity index is 2.05. The molecule has 0 aliphatic rings. The van der Waals surface area contributed by atoms with Crippen LogP contribution in [0.2, 0.25) is 5.02 Å². The molecule has 0 aromatic heterocycles. The van der Waals surface area contributed by atoms with Crippen molar-refractivity contribution in [1.82, 2.24) is 0 Å². The van der Waals surface area contributed by atoms with Gasteiger partial charge in [-0.15, -0.1) is 0 Å². The number of halogens is 1. The van der Waals surface area contributed by atoms with Crippen LogP contribution in [0, 0.1) is 0 Å². The minimum absolute atomic E-state index is 0.0477. The highest BCUT2D eigenvalue weighted by atomic mass is 35.5. The van der Waals surface area contributed by atoms with Crippen molar-refractivity contribution in [1.29, 1.82) is 0 Å². The zero-order valence-electron chi connectivity index (χ0n) is 11.8. The van der Waals surface area contributed by atoms with Crippen LogP contribution in [0.3, 0.4) is 0 Å². The fourth-order valence-corrected chi connectivity index (χ4v) is 2.21. The molecule has 21 heavy (non-hydrogen) atoms. The molecule has 0 heterocycles. The first-order valence-corrected chi connectivity index (χ1v) is 7.11. The van der Waals surface area contributed by atoms with Crippen LogP contribution in [0.5, 0.6) is 0 Å². The largest absolute Gasteiger partial charge is 0.409 e. The molecular formula is C16H18ClN3O. The van der Waals surface area contributed by atoms with E-state index in [4.69, 9.17) is 22.5 Å². The fraction of sp³-hybridized carbons (Fsp3) is 0.188. The standard InChI is InChI=1S/C16H18ClN3O/c1-2-11-3-7-14(8-4-11)19-10-13-6-5-12(9-15(13)17)16(18)20-21/h3-9,19,21H,2,10H2,1H3,(H2,18,20). The second-order valence-electron chi connectivity index (χ2n) is 4.70. The summed E-state index contributed by atoms with van der Waals surface area (Å²) in [5.74, 6) is 0.0477. The molecule has 110 valence electrons. The van der Waals surface area contributed by atoms with Gasteiger partial charge in [-0.2, -0.15) is 0 Å². The minimum atomic E-state index is 0.0477. The van der Waals surface area contributed by atoms with Crippen LogP contribution in [-0.4, -0.2) is 11.0 Å². The average Bonchev–Trinajstić information content (AvgIpc) is 2.53. The van der Waals surface area contributed by atoms with Crippen molar-refractivity contribution >= 4 is 23.1 Å². The van der Waals surface area contributed by atoms with E-state index in [1.807, 2.05) is 6.07 Å². The van der Waals surface area contributed by atoms with Crippen LogP contribution in [-0.2, 0) is 13.0 Å². The summed E-state index contributed by atoms with van der Waals surface area (Å²) < 4.78 is 0. The summed E-state index contributed by atoms with van der Waals surface area (Å²) in [6.07, 6.45) is 1.03. The number of nitrogens with one attached hydrogen (secondary N) is 1. The number of benzene rings is 2. The number of nitrogens with two attached hydrogens (primary N) is 1. The van der Waals surface area contributed by atoms with E-state index >= 15 is 0 Å². The highest BCUT2D eigenvalue weighted by Crippen LogP contribution is 2.20. The molecule has 0 unspecified atom stereocenters. The normalized spacial score (nSPS) is 11.4. The Kier molecular flexibility index (Phi) is 5.06. The molecule has 4 nitrogen and oxygen atoms in total. The van der Waals surface area contributed by atoms with Crippen molar-refractivity contribution in [3.05, 3.63) is 64.2 Å². The number of hydrogen-bond acceptors (Lipinski definition) is 3. The van der Waals surface area contributed by atoms with E-state index in [2.05, 4.69) is 41.7 Å². The summed E-state index contributed by atoms with van der Waals surface area (Å²) in [5, 5.41) is 15.5. The lowest BCUT2D eigenvalue weighted by atomic mass is 10.1. The van der Waals surface area contributed by atoms with Gasteiger partial charge in [-0.05, 0) is 35.7 Å². The third-order valence-corrected chi connectivity index (χ3v) is 3.65. The maximum Gasteiger partial charge on any atom is 0.170 e. The highest BCUT2D eigenvalue weighted by Gasteiger charge is 2.05. The lowest BCUT2D eigenvalue weighted by Crippen LogP contribution is -2.13. The van der Waals surface area contributed by atoms with Gasteiger partial charge < -0.3 is 16.3 Å². The van der Waals surface area contributed by atoms with Gasteiger partial charge in [-0.3, -0.25) is 0 Å². The Morgan fingerprint density at radius 1 is 1.24 bits per heavy atom. The topological polar surface area (TPSA) is 70.6 Å². The van der Waals surface area contributed by atoms with E-state index in [1.165, 1.54) is 5.56 Å². The van der Waals surface area contributed by atoms with Gasteiger partial charge in [0.1, 0.15) is 0 Å². The first-order valence-electron chi connectivity index (χ1n) is 6.73. The molecule has 0 aliphatic heterocycles. The number of oxime groups is 1. The zero-order chi connectivity index (χ0) is 15.2. The molecule has 0 spiro atoms. The molecular weight excluding hydrogens is 286 g/mol. The van der Waals surface area contributed by atoms with E-state index in [1.54, 1.807) is 12.1 Å². The van der Waals surface area contributed by atoms with E-state index in [9.17, 15) is 0 Å². The van der Waals surface area contributed by atoms with Gasteiger partial charge in [0.25, 0.3) is 0 Å². The Bertz CT molecular complexity index is 638. The molecule has 0 fully saturated rings.